The SMILES string of the molecule is CN(C)c1ccc(NC(=O)C=Cc2ccccc2)cc1C(=O)N1CCCC1. The van der Waals surface area contributed by atoms with Gasteiger partial charge in [0, 0.05) is 44.6 Å². The van der Waals surface area contributed by atoms with Crippen LogP contribution in [0.3, 0.4) is 0 Å². The maximum Gasteiger partial charge on any atom is 0.256 e. The summed E-state index contributed by atoms with van der Waals surface area (Å²) >= 11 is 0. The molecule has 1 heterocycles. The van der Waals surface area contributed by atoms with Gasteiger partial charge in [-0.2, -0.15) is 0 Å². The molecule has 0 aromatic heterocycles. The topological polar surface area (TPSA) is 52.7 Å². The number of rotatable bonds is 5. The minimum absolute atomic E-state index is 0.0205. The first kappa shape index (κ1) is 18.7. The maximum absolute atomic E-state index is 12.9. The molecule has 140 valence electrons. The van der Waals surface area contributed by atoms with Gasteiger partial charge in [0.05, 0.1) is 5.56 Å². The third-order valence-corrected chi connectivity index (χ3v) is 4.60. The van der Waals surface area contributed by atoms with Crippen molar-refractivity contribution >= 4 is 29.3 Å². The second kappa shape index (κ2) is 8.54. The van der Waals surface area contributed by atoms with Crippen molar-refractivity contribution in [2.75, 3.05) is 37.4 Å². The Balaban J connectivity index is 1.77. The Bertz CT molecular complexity index is 838. The van der Waals surface area contributed by atoms with Gasteiger partial charge in [0.1, 0.15) is 0 Å². The van der Waals surface area contributed by atoms with E-state index in [4.69, 9.17) is 0 Å². The molecule has 0 atom stereocenters. The van der Waals surface area contributed by atoms with Crippen LogP contribution in [-0.4, -0.2) is 43.9 Å². The highest BCUT2D eigenvalue weighted by molar-refractivity contribution is 6.05. The summed E-state index contributed by atoms with van der Waals surface area (Å²) in [6.07, 6.45) is 5.35. The third kappa shape index (κ3) is 4.76. The van der Waals surface area contributed by atoms with E-state index in [0.29, 0.717) is 11.3 Å². The molecular formula is C22H25N3O2. The Morgan fingerprint density at radius 2 is 1.74 bits per heavy atom. The number of anilines is 2. The molecule has 27 heavy (non-hydrogen) atoms. The summed E-state index contributed by atoms with van der Waals surface area (Å²) in [7, 11) is 3.83. The zero-order valence-electron chi connectivity index (χ0n) is 15.8. The van der Waals surface area contributed by atoms with Crippen LogP contribution in [0.4, 0.5) is 11.4 Å². The molecule has 0 spiro atoms. The molecule has 0 saturated carbocycles. The number of nitrogens with one attached hydrogen (secondary N) is 1. The lowest BCUT2D eigenvalue weighted by molar-refractivity contribution is -0.111. The summed E-state index contributed by atoms with van der Waals surface area (Å²) in [6.45, 7) is 1.59. The Morgan fingerprint density at radius 1 is 1.04 bits per heavy atom. The Kier molecular flexibility index (Phi) is 5.91. The van der Waals surface area contributed by atoms with Crippen molar-refractivity contribution in [2.24, 2.45) is 0 Å². The first-order valence-electron chi connectivity index (χ1n) is 9.19. The number of nitrogens with zero attached hydrogens (tertiary/aromatic N) is 2. The van der Waals surface area contributed by atoms with E-state index in [2.05, 4.69) is 5.32 Å². The molecule has 2 aromatic carbocycles. The van der Waals surface area contributed by atoms with Crippen LogP contribution in [0.5, 0.6) is 0 Å². The van der Waals surface area contributed by atoms with Crippen molar-refractivity contribution in [1.82, 2.24) is 4.90 Å². The van der Waals surface area contributed by atoms with Gasteiger partial charge < -0.3 is 15.1 Å². The standard InChI is InChI=1S/C22H25N3O2/c1-24(2)20-12-11-18(16-19(20)22(27)25-14-6-7-15-25)23-21(26)13-10-17-8-4-3-5-9-17/h3-5,8-13,16H,6-7,14-15H2,1-2H3,(H,23,26). The normalized spacial score (nSPS) is 13.8. The van der Waals surface area contributed by atoms with E-state index in [0.717, 1.165) is 37.2 Å². The highest BCUT2D eigenvalue weighted by Gasteiger charge is 2.23. The van der Waals surface area contributed by atoms with Gasteiger partial charge in [0.25, 0.3) is 5.91 Å². The molecule has 1 aliphatic rings. The van der Waals surface area contributed by atoms with E-state index < -0.39 is 0 Å². The fourth-order valence-electron chi connectivity index (χ4n) is 3.19. The maximum atomic E-state index is 12.9. The fourth-order valence-corrected chi connectivity index (χ4v) is 3.19. The summed E-state index contributed by atoms with van der Waals surface area (Å²) in [5, 5.41) is 2.85. The monoisotopic (exact) mass is 363 g/mol. The van der Waals surface area contributed by atoms with Crippen molar-refractivity contribution in [3.05, 3.63) is 65.7 Å². The third-order valence-electron chi connectivity index (χ3n) is 4.60. The Hall–Kier alpha value is -3.08. The van der Waals surface area contributed by atoms with E-state index in [-0.39, 0.29) is 11.8 Å². The van der Waals surface area contributed by atoms with Crippen molar-refractivity contribution in [3.8, 4) is 0 Å². The van der Waals surface area contributed by atoms with Gasteiger partial charge in [-0.05, 0) is 42.7 Å². The second-order valence-corrected chi connectivity index (χ2v) is 6.86. The number of hydrogen-bond acceptors (Lipinski definition) is 3. The number of amides is 2. The number of likely N-dealkylation sites (tertiary alicyclic amines) is 1. The summed E-state index contributed by atoms with van der Waals surface area (Å²) in [4.78, 5) is 28.9. The van der Waals surface area contributed by atoms with Crippen LogP contribution < -0.4 is 10.2 Å². The van der Waals surface area contributed by atoms with Crippen molar-refractivity contribution in [2.45, 2.75) is 12.8 Å². The summed E-state index contributed by atoms with van der Waals surface area (Å²) < 4.78 is 0. The summed E-state index contributed by atoms with van der Waals surface area (Å²) in [5.74, 6) is -0.205. The van der Waals surface area contributed by atoms with Gasteiger partial charge in [-0.15, -0.1) is 0 Å². The van der Waals surface area contributed by atoms with E-state index in [9.17, 15) is 9.59 Å². The molecule has 0 bridgehead atoms. The summed E-state index contributed by atoms with van der Waals surface area (Å²) in [6, 6.07) is 15.1. The average molecular weight is 363 g/mol. The molecule has 0 radical (unpaired) electrons. The lowest BCUT2D eigenvalue weighted by Crippen LogP contribution is -2.29. The predicted molar refractivity (Wildman–Crippen MR) is 110 cm³/mol. The van der Waals surface area contributed by atoms with Crippen molar-refractivity contribution < 1.29 is 9.59 Å². The van der Waals surface area contributed by atoms with Gasteiger partial charge in [-0.1, -0.05) is 30.3 Å². The van der Waals surface area contributed by atoms with Crippen LogP contribution >= 0.6 is 0 Å². The Labute approximate surface area is 160 Å². The van der Waals surface area contributed by atoms with Crippen LogP contribution in [0.25, 0.3) is 6.08 Å². The molecular weight excluding hydrogens is 338 g/mol. The second-order valence-electron chi connectivity index (χ2n) is 6.86. The lowest BCUT2D eigenvalue weighted by Gasteiger charge is -2.22. The minimum atomic E-state index is -0.226. The molecule has 0 unspecified atom stereocenters. The molecule has 1 saturated heterocycles. The molecule has 1 aliphatic heterocycles. The molecule has 5 heteroatoms. The Morgan fingerprint density at radius 3 is 2.41 bits per heavy atom. The smallest absolute Gasteiger partial charge is 0.256 e. The lowest BCUT2D eigenvalue weighted by atomic mass is 10.1. The zero-order valence-corrected chi connectivity index (χ0v) is 15.8. The predicted octanol–water partition coefficient (Wildman–Crippen LogP) is 3.64. The molecule has 5 nitrogen and oxygen atoms in total. The van der Waals surface area contributed by atoms with E-state index in [1.807, 2.05) is 66.4 Å². The van der Waals surface area contributed by atoms with Crippen molar-refractivity contribution in [1.29, 1.82) is 0 Å². The number of carbonyl (C=O) groups is 2. The molecule has 2 amide bonds. The average Bonchev–Trinajstić information content (AvgIpc) is 3.21. The van der Waals surface area contributed by atoms with Crippen LogP contribution in [0.1, 0.15) is 28.8 Å². The molecule has 2 aromatic rings. The first-order chi connectivity index (χ1) is 13.0. The molecule has 1 N–H and O–H groups in total. The highest BCUT2D eigenvalue weighted by atomic mass is 16.2. The fraction of sp³-hybridized carbons (Fsp3) is 0.273. The van der Waals surface area contributed by atoms with E-state index >= 15 is 0 Å². The molecule has 1 fully saturated rings. The first-order valence-corrected chi connectivity index (χ1v) is 9.19. The van der Waals surface area contributed by atoms with Gasteiger partial charge >= 0.3 is 0 Å². The summed E-state index contributed by atoms with van der Waals surface area (Å²) in [5.41, 5.74) is 3.04. The van der Waals surface area contributed by atoms with Gasteiger partial charge in [-0.3, -0.25) is 9.59 Å². The van der Waals surface area contributed by atoms with Gasteiger partial charge in [0.15, 0.2) is 0 Å². The largest absolute Gasteiger partial charge is 0.377 e. The number of benzene rings is 2. The number of carbonyl (C=O) groups excluding carboxylic acids is 2. The highest BCUT2D eigenvalue weighted by Crippen LogP contribution is 2.26. The molecule has 0 aliphatic carbocycles. The van der Waals surface area contributed by atoms with Crippen LogP contribution in [-0.2, 0) is 4.79 Å². The van der Waals surface area contributed by atoms with Crippen LogP contribution in [0, 0.1) is 0 Å². The van der Waals surface area contributed by atoms with E-state index in [1.54, 1.807) is 12.1 Å². The van der Waals surface area contributed by atoms with Gasteiger partial charge in [-0.25, -0.2) is 0 Å². The van der Waals surface area contributed by atoms with Crippen molar-refractivity contribution in [3.63, 3.8) is 0 Å². The van der Waals surface area contributed by atoms with Crippen LogP contribution in [0.2, 0.25) is 0 Å². The van der Waals surface area contributed by atoms with E-state index in [1.165, 1.54) is 6.08 Å². The molecule has 3 rings (SSSR count). The quantitative estimate of drug-likeness (QED) is 0.825. The van der Waals surface area contributed by atoms with Gasteiger partial charge in [0.2, 0.25) is 5.91 Å². The number of hydrogen-bond donors (Lipinski definition) is 1. The van der Waals surface area contributed by atoms with Crippen LogP contribution in [0.15, 0.2) is 54.6 Å². The minimum Gasteiger partial charge on any atom is -0.377 e. The zero-order chi connectivity index (χ0) is 19.2.